The summed E-state index contributed by atoms with van der Waals surface area (Å²) in [5.41, 5.74) is 3.05. The summed E-state index contributed by atoms with van der Waals surface area (Å²) < 4.78 is 7.05. The van der Waals surface area contributed by atoms with Crippen molar-refractivity contribution >= 4 is 40.6 Å². The number of rotatable bonds is 6. The highest BCUT2D eigenvalue weighted by Crippen LogP contribution is 2.22. The Morgan fingerprint density at radius 3 is 2.79 bits per heavy atom. The van der Waals surface area contributed by atoms with Crippen LogP contribution in [0.3, 0.4) is 0 Å². The smallest absolute Gasteiger partial charge is 0.339 e. The van der Waals surface area contributed by atoms with Crippen molar-refractivity contribution in [3.8, 4) is 5.69 Å². The summed E-state index contributed by atoms with van der Waals surface area (Å²) in [6, 6.07) is 13.0. The second-order valence-electron chi connectivity index (χ2n) is 6.20. The van der Waals surface area contributed by atoms with Crippen molar-refractivity contribution in [2.75, 3.05) is 11.9 Å². The van der Waals surface area contributed by atoms with Crippen molar-refractivity contribution < 1.29 is 9.53 Å². The summed E-state index contributed by atoms with van der Waals surface area (Å²) in [6.07, 6.45) is 3.70. The van der Waals surface area contributed by atoms with E-state index in [9.17, 15) is 4.79 Å². The molecule has 0 atom stereocenters. The van der Waals surface area contributed by atoms with E-state index < -0.39 is 5.97 Å². The third-order valence-electron chi connectivity index (χ3n) is 4.24. The van der Waals surface area contributed by atoms with Crippen molar-refractivity contribution in [2.45, 2.75) is 20.4 Å². The van der Waals surface area contributed by atoms with Crippen molar-refractivity contribution in [1.29, 1.82) is 0 Å². The molecule has 0 saturated heterocycles. The molecule has 8 heteroatoms. The van der Waals surface area contributed by atoms with Crippen molar-refractivity contribution in [3.63, 3.8) is 0 Å². The lowest BCUT2D eigenvalue weighted by atomic mass is 10.1. The fraction of sp³-hybridized carbons (Fsp3) is 0.190. The molecule has 1 heterocycles. The Labute approximate surface area is 179 Å². The van der Waals surface area contributed by atoms with Gasteiger partial charge in [-0.3, -0.25) is 0 Å². The van der Waals surface area contributed by atoms with Crippen molar-refractivity contribution in [2.24, 2.45) is 0 Å². The van der Waals surface area contributed by atoms with E-state index in [4.69, 9.17) is 28.6 Å². The van der Waals surface area contributed by atoms with E-state index in [-0.39, 0.29) is 6.61 Å². The van der Waals surface area contributed by atoms with Crippen LogP contribution >= 0.6 is 23.8 Å². The van der Waals surface area contributed by atoms with Gasteiger partial charge < -0.3 is 19.9 Å². The number of hydrogen-bond donors (Lipinski definition) is 2. The van der Waals surface area contributed by atoms with Crippen LogP contribution in [-0.4, -0.2) is 27.2 Å². The summed E-state index contributed by atoms with van der Waals surface area (Å²) >= 11 is 11.5. The number of aryl methyl sites for hydroxylation is 1. The average molecular weight is 429 g/mol. The highest BCUT2D eigenvalue weighted by Gasteiger charge is 2.13. The maximum atomic E-state index is 12.0. The van der Waals surface area contributed by atoms with Crippen LogP contribution < -0.4 is 10.6 Å². The Morgan fingerprint density at radius 2 is 2.07 bits per heavy atom. The van der Waals surface area contributed by atoms with Gasteiger partial charge in [-0.25, -0.2) is 9.78 Å². The minimum atomic E-state index is -0.468. The molecule has 0 radical (unpaired) electrons. The maximum absolute atomic E-state index is 12.0. The van der Waals surface area contributed by atoms with Crippen molar-refractivity contribution in [1.82, 2.24) is 14.9 Å². The predicted molar refractivity (Wildman–Crippen MR) is 119 cm³/mol. The van der Waals surface area contributed by atoms with Crippen LogP contribution in [0.15, 0.2) is 54.9 Å². The topological polar surface area (TPSA) is 68.2 Å². The van der Waals surface area contributed by atoms with Gasteiger partial charge in [0.1, 0.15) is 5.82 Å². The Hall–Kier alpha value is -2.90. The first-order chi connectivity index (χ1) is 14.0. The molecule has 0 aliphatic carbocycles. The summed E-state index contributed by atoms with van der Waals surface area (Å²) in [5.74, 6) is 0.440. The second-order valence-corrected chi connectivity index (χ2v) is 7.01. The van der Waals surface area contributed by atoms with Crippen LogP contribution in [0.25, 0.3) is 5.69 Å². The molecule has 0 fully saturated rings. The molecule has 0 aliphatic rings. The molecule has 0 unspecified atom stereocenters. The zero-order chi connectivity index (χ0) is 20.8. The van der Waals surface area contributed by atoms with E-state index >= 15 is 0 Å². The lowest BCUT2D eigenvalue weighted by molar-refractivity contribution is 0.0526. The molecule has 3 rings (SSSR count). The first kappa shape index (κ1) is 20.8. The van der Waals surface area contributed by atoms with Crippen LogP contribution in [0.1, 0.15) is 28.7 Å². The number of halogens is 1. The van der Waals surface area contributed by atoms with Gasteiger partial charge in [0.2, 0.25) is 0 Å². The molecule has 29 heavy (non-hydrogen) atoms. The standard InChI is InChI=1S/C21H21ClN4O2S/c1-3-28-20(27)17-12-16(8-9-18(17)22)25-21(29)24-13-15-6-4-5-7-19(15)26-11-10-23-14(26)2/h4-12H,3,13H2,1-2H3,(H2,24,25,29). The lowest BCUT2D eigenvalue weighted by Crippen LogP contribution is -2.28. The van der Waals surface area contributed by atoms with E-state index in [1.165, 1.54) is 0 Å². The number of thiocarbonyl (C=S) groups is 1. The Morgan fingerprint density at radius 1 is 1.28 bits per heavy atom. The molecular formula is C21H21ClN4O2S. The Kier molecular flexibility index (Phi) is 6.85. The fourth-order valence-electron chi connectivity index (χ4n) is 2.85. The summed E-state index contributed by atoms with van der Waals surface area (Å²) in [5, 5.41) is 7.03. The highest BCUT2D eigenvalue weighted by atomic mass is 35.5. The molecular weight excluding hydrogens is 408 g/mol. The van der Waals surface area contributed by atoms with Gasteiger partial charge >= 0.3 is 5.97 Å². The molecule has 0 aliphatic heterocycles. The number of carbonyl (C=O) groups is 1. The summed E-state index contributed by atoms with van der Waals surface area (Å²) in [4.78, 5) is 16.3. The number of hydrogen-bond acceptors (Lipinski definition) is 4. The molecule has 0 saturated carbocycles. The number of ether oxygens (including phenoxy) is 1. The average Bonchev–Trinajstić information content (AvgIpc) is 3.14. The Balaban J connectivity index is 1.68. The molecule has 2 N–H and O–H groups in total. The highest BCUT2D eigenvalue weighted by molar-refractivity contribution is 7.80. The number of anilines is 1. The van der Waals surface area contributed by atoms with E-state index in [2.05, 4.69) is 15.6 Å². The number of aromatic nitrogens is 2. The molecule has 0 amide bonds. The lowest BCUT2D eigenvalue weighted by Gasteiger charge is -2.15. The van der Waals surface area contributed by atoms with Gasteiger partial charge in [0.05, 0.1) is 22.9 Å². The quantitative estimate of drug-likeness (QED) is 0.445. The molecule has 0 bridgehead atoms. The van der Waals surface area contributed by atoms with E-state index in [0.717, 1.165) is 17.1 Å². The first-order valence-electron chi connectivity index (χ1n) is 9.09. The van der Waals surface area contributed by atoms with Crippen LogP contribution in [0, 0.1) is 6.92 Å². The number of nitrogens with zero attached hydrogens (tertiary/aromatic N) is 2. The van der Waals surface area contributed by atoms with Crippen LogP contribution in [0.5, 0.6) is 0 Å². The van der Waals surface area contributed by atoms with Gasteiger partial charge in [-0.05, 0) is 55.9 Å². The van der Waals surface area contributed by atoms with Gasteiger partial charge in [-0.15, -0.1) is 0 Å². The number of imidazole rings is 1. The van der Waals surface area contributed by atoms with Crippen molar-refractivity contribution in [3.05, 3.63) is 76.8 Å². The zero-order valence-corrected chi connectivity index (χ0v) is 17.7. The summed E-state index contributed by atoms with van der Waals surface area (Å²) in [6.45, 7) is 4.51. The first-order valence-corrected chi connectivity index (χ1v) is 9.88. The fourth-order valence-corrected chi connectivity index (χ4v) is 3.23. The molecule has 150 valence electrons. The maximum Gasteiger partial charge on any atom is 0.339 e. The monoisotopic (exact) mass is 428 g/mol. The molecule has 1 aromatic heterocycles. The van der Waals surface area contributed by atoms with Gasteiger partial charge in [0.15, 0.2) is 5.11 Å². The number of esters is 1. The minimum absolute atomic E-state index is 0.280. The summed E-state index contributed by atoms with van der Waals surface area (Å²) in [7, 11) is 0. The second kappa shape index (κ2) is 9.54. The van der Waals surface area contributed by atoms with Gasteiger partial charge in [-0.1, -0.05) is 29.8 Å². The van der Waals surface area contributed by atoms with E-state index in [0.29, 0.717) is 27.9 Å². The van der Waals surface area contributed by atoms with Gasteiger partial charge in [0.25, 0.3) is 0 Å². The Bertz CT molecular complexity index is 1040. The molecule has 3 aromatic rings. The molecule has 2 aromatic carbocycles. The number of carbonyl (C=O) groups excluding carboxylic acids is 1. The van der Waals surface area contributed by atoms with Gasteiger partial charge in [0, 0.05) is 24.6 Å². The number of benzene rings is 2. The molecule has 0 spiro atoms. The zero-order valence-electron chi connectivity index (χ0n) is 16.1. The van der Waals surface area contributed by atoms with Crippen LogP contribution in [0.2, 0.25) is 5.02 Å². The van der Waals surface area contributed by atoms with E-state index in [1.807, 2.05) is 42.0 Å². The van der Waals surface area contributed by atoms with Gasteiger partial charge in [-0.2, -0.15) is 0 Å². The van der Waals surface area contributed by atoms with Crippen LogP contribution in [0.4, 0.5) is 5.69 Å². The van der Waals surface area contributed by atoms with E-state index in [1.54, 1.807) is 31.3 Å². The number of nitrogens with one attached hydrogen (secondary N) is 2. The third kappa shape index (κ3) is 5.13. The normalized spacial score (nSPS) is 10.4. The number of para-hydroxylation sites is 1. The largest absolute Gasteiger partial charge is 0.462 e. The predicted octanol–water partition coefficient (Wildman–Crippen LogP) is 4.50. The van der Waals surface area contributed by atoms with Crippen LogP contribution in [-0.2, 0) is 11.3 Å². The SMILES string of the molecule is CCOC(=O)c1cc(NC(=S)NCc2ccccc2-n2ccnc2C)ccc1Cl. The third-order valence-corrected chi connectivity index (χ3v) is 4.81. The molecule has 6 nitrogen and oxygen atoms in total. The minimum Gasteiger partial charge on any atom is -0.462 e.